The lowest BCUT2D eigenvalue weighted by molar-refractivity contribution is 0.0698. The van der Waals surface area contributed by atoms with Crippen molar-refractivity contribution in [1.82, 2.24) is 9.97 Å². The molecule has 0 spiro atoms. The predicted octanol–water partition coefficient (Wildman–Crippen LogP) is 4.23. The molecule has 0 aliphatic heterocycles. The number of anilines is 2. The monoisotopic (exact) mass is 345 g/mol. The van der Waals surface area contributed by atoms with Gasteiger partial charge in [0, 0.05) is 23.0 Å². The number of pyridine rings is 2. The van der Waals surface area contributed by atoms with Gasteiger partial charge in [0.2, 0.25) is 0 Å². The van der Waals surface area contributed by atoms with Crippen LogP contribution in [-0.2, 0) is 0 Å². The normalized spacial score (nSPS) is 10.8. The largest absolute Gasteiger partial charge is 0.497 e. The van der Waals surface area contributed by atoms with Crippen LogP contribution < -0.4 is 10.1 Å². The minimum Gasteiger partial charge on any atom is -0.497 e. The molecule has 0 amide bonds. The van der Waals surface area contributed by atoms with E-state index < -0.39 is 5.97 Å². The summed E-state index contributed by atoms with van der Waals surface area (Å²) in [7, 11) is 1.58. The molecular formula is C20H15N3O3. The Morgan fingerprint density at radius 3 is 2.73 bits per heavy atom. The molecule has 0 aliphatic rings. The standard InChI is InChI=1S/C20H15N3O3/c1-26-14-8-7-13-10-15(20(24)25)19(23-17(13)11-14)22-16-6-2-4-12-5-3-9-21-18(12)16/h2-11H,1H3,(H,22,23)(H,24,25). The minimum atomic E-state index is -1.05. The van der Waals surface area contributed by atoms with Gasteiger partial charge in [0.15, 0.2) is 0 Å². The first-order chi connectivity index (χ1) is 12.7. The first-order valence-electron chi connectivity index (χ1n) is 7.98. The first-order valence-corrected chi connectivity index (χ1v) is 7.98. The zero-order valence-electron chi connectivity index (χ0n) is 13.9. The molecule has 4 rings (SSSR count). The third-order valence-corrected chi connectivity index (χ3v) is 4.14. The first kappa shape index (κ1) is 15.8. The molecule has 0 atom stereocenters. The van der Waals surface area contributed by atoms with E-state index in [1.54, 1.807) is 37.6 Å². The van der Waals surface area contributed by atoms with Crippen LogP contribution in [0, 0.1) is 0 Å². The maximum Gasteiger partial charge on any atom is 0.339 e. The Kier molecular flexibility index (Phi) is 3.85. The fourth-order valence-corrected chi connectivity index (χ4v) is 2.86. The van der Waals surface area contributed by atoms with Crippen molar-refractivity contribution in [3.05, 3.63) is 66.4 Å². The molecule has 0 saturated carbocycles. The highest BCUT2D eigenvalue weighted by atomic mass is 16.5. The lowest BCUT2D eigenvalue weighted by Gasteiger charge is -2.12. The van der Waals surface area contributed by atoms with E-state index in [9.17, 15) is 9.90 Å². The second-order valence-corrected chi connectivity index (χ2v) is 5.75. The van der Waals surface area contributed by atoms with Gasteiger partial charge in [0.1, 0.15) is 17.1 Å². The van der Waals surface area contributed by atoms with E-state index in [0.29, 0.717) is 17.0 Å². The van der Waals surface area contributed by atoms with E-state index in [1.807, 2.05) is 30.3 Å². The molecule has 2 aromatic heterocycles. The third-order valence-electron chi connectivity index (χ3n) is 4.14. The van der Waals surface area contributed by atoms with Crippen molar-refractivity contribution >= 4 is 39.3 Å². The van der Waals surface area contributed by atoms with Gasteiger partial charge in [0.25, 0.3) is 0 Å². The average molecular weight is 345 g/mol. The number of hydrogen-bond acceptors (Lipinski definition) is 5. The summed E-state index contributed by atoms with van der Waals surface area (Å²) in [5.41, 5.74) is 2.18. The number of nitrogens with zero attached hydrogens (tertiary/aromatic N) is 2. The van der Waals surface area contributed by atoms with Crippen molar-refractivity contribution in [2.45, 2.75) is 0 Å². The summed E-state index contributed by atoms with van der Waals surface area (Å²) in [6, 6.07) is 16.4. The van der Waals surface area contributed by atoms with Crippen LogP contribution in [0.15, 0.2) is 60.8 Å². The zero-order valence-corrected chi connectivity index (χ0v) is 13.9. The average Bonchev–Trinajstić information content (AvgIpc) is 2.67. The lowest BCUT2D eigenvalue weighted by atomic mass is 10.1. The van der Waals surface area contributed by atoms with E-state index in [1.165, 1.54) is 0 Å². The number of carbonyl (C=O) groups is 1. The van der Waals surface area contributed by atoms with Crippen LogP contribution in [0.5, 0.6) is 5.75 Å². The van der Waals surface area contributed by atoms with Crippen molar-refractivity contribution in [2.75, 3.05) is 12.4 Å². The number of carboxylic acids is 1. The van der Waals surface area contributed by atoms with Crippen molar-refractivity contribution in [1.29, 1.82) is 0 Å². The van der Waals surface area contributed by atoms with Crippen LogP contribution >= 0.6 is 0 Å². The highest BCUT2D eigenvalue weighted by molar-refractivity contribution is 6.00. The fourth-order valence-electron chi connectivity index (χ4n) is 2.86. The molecule has 128 valence electrons. The van der Waals surface area contributed by atoms with Gasteiger partial charge >= 0.3 is 5.97 Å². The summed E-state index contributed by atoms with van der Waals surface area (Å²) in [5, 5.41) is 14.4. The molecule has 0 fully saturated rings. The molecule has 0 unspecified atom stereocenters. The Morgan fingerprint density at radius 2 is 1.92 bits per heavy atom. The molecule has 26 heavy (non-hydrogen) atoms. The van der Waals surface area contributed by atoms with E-state index in [0.717, 1.165) is 16.3 Å². The SMILES string of the molecule is COc1ccc2cc(C(=O)O)c(Nc3cccc4cccnc34)nc2c1. The molecule has 2 heterocycles. The van der Waals surface area contributed by atoms with E-state index in [-0.39, 0.29) is 11.4 Å². The molecular weight excluding hydrogens is 330 g/mol. The number of para-hydroxylation sites is 1. The summed E-state index contributed by atoms with van der Waals surface area (Å²) >= 11 is 0. The number of carboxylic acid groups (broad SMARTS) is 1. The third kappa shape index (κ3) is 2.77. The summed E-state index contributed by atoms with van der Waals surface area (Å²) in [6.07, 6.45) is 1.70. The van der Waals surface area contributed by atoms with Gasteiger partial charge in [0.05, 0.1) is 23.8 Å². The van der Waals surface area contributed by atoms with Crippen LogP contribution in [0.1, 0.15) is 10.4 Å². The van der Waals surface area contributed by atoms with E-state index in [2.05, 4.69) is 15.3 Å². The quantitative estimate of drug-likeness (QED) is 0.576. The van der Waals surface area contributed by atoms with Gasteiger partial charge in [-0.15, -0.1) is 0 Å². The van der Waals surface area contributed by atoms with Crippen LogP contribution in [0.2, 0.25) is 0 Å². The van der Waals surface area contributed by atoms with Crippen molar-refractivity contribution in [3.8, 4) is 5.75 Å². The van der Waals surface area contributed by atoms with Gasteiger partial charge in [-0.3, -0.25) is 4.98 Å². The lowest BCUT2D eigenvalue weighted by Crippen LogP contribution is -2.06. The van der Waals surface area contributed by atoms with Crippen LogP contribution in [0.25, 0.3) is 21.8 Å². The second kappa shape index (κ2) is 6.33. The van der Waals surface area contributed by atoms with E-state index in [4.69, 9.17) is 4.74 Å². The minimum absolute atomic E-state index is 0.0931. The maximum absolute atomic E-state index is 11.7. The summed E-state index contributed by atoms with van der Waals surface area (Å²) in [6.45, 7) is 0. The molecule has 6 heteroatoms. The Labute approximate surface area is 149 Å². The second-order valence-electron chi connectivity index (χ2n) is 5.75. The Balaban J connectivity index is 1.88. The van der Waals surface area contributed by atoms with Gasteiger partial charge in [-0.2, -0.15) is 0 Å². The number of fused-ring (bicyclic) bond motifs is 2. The number of aromatic carboxylic acids is 1. The number of rotatable bonds is 4. The number of nitrogens with one attached hydrogen (secondary N) is 1. The number of aromatic nitrogens is 2. The number of benzene rings is 2. The highest BCUT2D eigenvalue weighted by Gasteiger charge is 2.15. The summed E-state index contributed by atoms with van der Waals surface area (Å²) in [4.78, 5) is 20.6. The molecule has 2 aromatic carbocycles. The van der Waals surface area contributed by atoms with Crippen LogP contribution in [-0.4, -0.2) is 28.2 Å². The topological polar surface area (TPSA) is 84.3 Å². The molecule has 0 bridgehead atoms. The maximum atomic E-state index is 11.7. The zero-order chi connectivity index (χ0) is 18.1. The number of hydrogen-bond donors (Lipinski definition) is 2. The van der Waals surface area contributed by atoms with Gasteiger partial charge < -0.3 is 15.2 Å². The predicted molar refractivity (Wildman–Crippen MR) is 100 cm³/mol. The van der Waals surface area contributed by atoms with Gasteiger partial charge in [-0.25, -0.2) is 9.78 Å². The Hall–Kier alpha value is -3.67. The molecule has 0 saturated heterocycles. The number of ether oxygens (including phenoxy) is 1. The highest BCUT2D eigenvalue weighted by Crippen LogP contribution is 2.29. The fraction of sp³-hybridized carbons (Fsp3) is 0.0500. The van der Waals surface area contributed by atoms with Gasteiger partial charge in [-0.1, -0.05) is 18.2 Å². The molecule has 4 aromatic rings. The number of methoxy groups -OCH3 is 1. The van der Waals surface area contributed by atoms with Crippen molar-refractivity contribution in [3.63, 3.8) is 0 Å². The van der Waals surface area contributed by atoms with E-state index >= 15 is 0 Å². The Morgan fingerprint density at radius 1 is 1.08 bits per heavy atom. The van der Waals surface area contributed by atoms with Crippen molar-refractivity contribution in [2.24, 2.45) is 0 Å². The smallest absolute Gasteiger partial charge is 0.339 e. The summed E-state index contributed by atoms with van der Waals surface area (Å²) in [5.74, 6) is -0.131. The van der Waals surface area contributed by atoms with Crippen molar-refractivity contribution < 1.29 is 14.6 Å². The molecule has 6 nitrogen and oxygen atoms in total. The Bertz CT molecular complexity index is 1140. The van der Waals surface area contributed by atoms with Gasteiger partial charge in [-0.05, 0) is 30.3 Å². The molecule has 0 radical (unpaired) electrons. The van der Waals surface area contributed by atoms with Crippen LogP contribution in [0.4, 0.5) is 11.5 Å². The van der Waals surface area contributed by atoms with Crippen LogP contribution in [0.3, 0.4) is 0 Å². The summed E-state index contributed by atoms with van der Waals surface area (Å²) < 4.78 is 5.23. The molecule has 0 aliphatic carbocycles. The molecule has 2 N–H and O–H groups in total.